The van der Waals surface area contributed by atoms with E-state index < -0.39 is 0 Å². The highest BCUT2D eigenvalue weighted by Gasteiger charge is 2.32. The van der Waals surface area contributed by atoms with Gasteiger partial charge in [-0.2, -0.15) is 0 Å². The lowest BCUT2D eigenvalue weighted by atomic mass is 9.91. The number of phenolic OH excluding ortho intramolecular Hbond substituents is 2. The molecule has 1 aliphatic rings. The molecule has 0 fully saturated rings. The molecule has 3 rings (SSSR count). The second kappa shape index (κ2) is 4.39. The summed E-state index contributed by atoms with van der Waals surface area (Å²) < 4.78 is 10.9. The molecule has 0 saturated heterocycles. The van der Waals surface area contributed by atoms with Crippen LogP contribution in [0, 0.1) is 0 Å². The standard InChI is InChI=1S/C15H14O4/c1-18-12-6-2-4-10(16)14(12)9-8-19-13-7-3-5-11(17)15(9)13/h2-7,9,16-17H,8H2,1H3/t9-/m1/s1. The van der Waals surface area contributed by atoms with Crippen LogP contribution in [-0.4, -0.2) is 23.9 Å². The third kappa shape index (κ3) is 1.76. The minimum Gasteiger partial charge on any atom is -0.508 e. The summed E-state index contributed by atoms with van der Waals surface area (Å²) >= 11 is 0. The summed E-state index contributed by atoms with van der Waals surface area (Å²) in [6.45, 7) is 0.376. The Balaban J connectivity index is 2.17. The molecule has 98 valence electrons. The van der Waals surface area contributed by atoms with Crippen LogP contribution >= 0.6 is 0 Å². The Hall–Kier alpha value is -2.36. The number of methoxy groups -OCH3 is 1. The van der Waals surface area contributed by atoms with E-state index in [0.717, 1.165) is 0 Å². The summed E-state index contributed by atoms with van der Waals surface area (Å²) in [6.07, 6.45) is 0. The summed E-state index contributed by atoms with van der Waals surface area (Å²) in [5.74, 6) is 1.32. The molecule has 2 aromatic rings. The normalized spacial score (nSPS) is 16.8. The monoisotopic (exact) mass is 258 g/mol. The summed E-state index contributed by atoms with van der Waals surface area (Å²) in [7, 11) is 1.56. The van der Waals surface area contributed by atoms with Gasteiger partial charge >= 0.3 is 0 Å². The molecule has 0 aliphatic carbocycles. The molecule has 0 radical (unpaired) electrons. The lowest BCUT2D eigenvalue weighted by Gasteiger charge is -2.16. The third-order valence-corrected chi connectivity index (χ3v) is 3.41. The van der Waals surface area contributed by atoms with E-state index in [1.807, 2.05) is 6.07 Å². The average Bonchev–Trinajstić information content (AvgIpc) is 2.83. The van der Waals surface area contributed by atoms with Crippen LogP contribution in [0.1, 0.15) is 17.0 Å². The van der Waals surface area contributed by atoms with Gasteiger partial charge in [-0.05, 0) is 24.3 Å². The van der Waals surface area contributed by atoms with Crippen LogP contribution in [0.2, 0.25) is 0 Å². The number of benzene rings is 2. The molecule has 1 atom stereocenters. The van der Waals surface area contributed by atoms with Crippen LogP contribution in [0.4, 0.5) is 0 Å². The number of hydrogen-bond acceptors (Lipinski definition) is 4. The van der Waals surface area contributed by atoms with Crippen LogP contribution in [-0.2, 0) is 0 Å². The van der Waals surface area contributed by atoms with Gasteiger partial charge in [0.2, 0.25) is 0 Å². The number of aromatic hydroxyl groups is 2. The first-order valence-electron chi connectivity index (χ1n) is 6.03. The Bertz CT molecular complexity index is 622. The molecule has 4 heteroatoms. The Morgan fingerprint density at radius 2 is 1.74 bits per heavy atom. The second-order valence-electron chi connectivity index (χ2n) is 4.45. The topological polar surface area (TPSA) is 58.9 Å². The van der Waals surface area contributed by atoms with Gasteiger partial charge in [-0.3, -0.25) is 0 Å². The molecule has 1 aliphatic heterocycles. The smallest absolute Gasteiger partial charge is 0.126 e. The molecule has 4 nitrogen and oxygen atoms in total. The first kappa shape index (κ1) is 11.7. The van der Waals surface area contributed by atoms with Crippen LogP contribution in [0.25, 0.3) is 0 Å². The van der Waals surface area contributed by atoms with Gasteiger partial charge < -0.3 is 19.7 Å². The van der Waals surface area contributed by atoms with E-state index in [9.17, 15) is 10.2 Å². The first-order chi connectivity index (χ1) is 9.22. The lowest BCUT2D eigenvalue weighted by Crippen LogP contribution is -2.05. The Kier molecular flexibility index (Phi) is 2.71. The maximum Gasteiger partial charge on any atom is 0.126 e. The third-order valence-electron chi connectivity index (χ3n) is 3.41. The van der Waals surface area contributed by atoms with E-state index in [0.29, 0.717) is 29.2 Å². The van der Waals surface area contributed by atoms with Crippen molar-refractivity contribution >= 4 is 0 Å². The molecule has 1 heterocycles. The van der Waals surface area contributed by atoms with Gasteiger partial charge in [0, 0.05) is 11.1 Å². The fraction of sp³-hybridized carbons (Fsp3) is 0.200. The number of phenols is 2. The molecule has 0 unspecified atom stereocenters. The van der Waals surface area contributed by atoms with E-state index in [-0.39, 0.29) is 17.4 Å². The van der Waals surface area contributed by atoms with E-state index >= 15 is 0 Å². The molecule has 0 amide bonds. The van der Waals surface area contributed by atoms with Crippen molar-refractivity contribution < 1.29 is 19.7 Å². The molecule has 0 spiro atoms. The van der Waals surface area contributed by atoms with E-state index in [2.05, 4.69) is 0 Å². The maximum atomic E-state index is 10.1. The predicted molar refractivity (Wildman–Crippen MR) is 70.1 cm³/mol. The fourth-order valence-corrected chi connectivity index (χ4v) is 2.55. The van der Waals surface area contributed by atoms with Crippen molar-refractivity contribution in [3.8, 4) is 23.0 Å². The Labute approximate surface area is 110 Å². The minimum absolute atomic E-state index is 0.143. The predicted octanol–water partition coefficient (Wildman–Crippen LogP) is 2.63. The molecule has 0 bridgehead atoms. The molecular formula is C15H14O4. The fourth-order valence-electron chi connectivity index (χ4n) is 2.55. The van der Waals surface area contributed by atoms with Crippen molar-refractivity contribution in [1.82, 2.24) is 0 Å². The van der Waals surface area contributed by atoms with Crippen LogP contribution < -0.4 is 9.47 Å². The molecule has 19 heavy (non-hydrogen) atoms. The maximum absolute atomic E-state index is 10.1. The van der Waals surface area contributed by atoms with Gasteiger partial charge in [0.25, 0.3) is 0 Å². The van der Waals surface area contributed by atoms with Crippen molar-refractivity contribution in [2.24, 2.45) is 0 Å². The Morgan fingerprint density at radius 1 is 1.05 bits per heavy atom. The zero-order chi connectivity index (χ0) is 13.4. The van der Waals surface area contributed by atoms with E-state index in [1.54, 1.807) is 37.4 Å². The summed E-state index contributed by atoms with van der Waals surface area (Å²) in [5, 5.41) is 20.1. The van der Waals surface area contributed by atoms with Crippen molar-refractivity contribution in [3.05, 3.63) is 47.5 Å². The number of rotatable bonds is 2. The van der Waals surface area contributed by atoms with Gasteiger partial charge in [0.15, 0.2) is 0 Å². The van der Waals surface area contributed by atoms with Crippen LogP contribution in [0.5, 0.6) is 23.0 Å². The number of ether oxygens (including phenoxy) is 2. The summed E-state index contributed by atoms with van der Waals surface area (Å²) in [4.78, 5) is 0. The zero-order valence-corrected chi connectivity index (χ0v) is 10.5. The molecule has 2 aromatic carbocycles. The Morgan fingerprint density at radius 3 is 2.47 bits per heavy atom. The highest BCUT2D eigenvalue weighted by molar-refractivity contribution is 5.58. The van der Waals surface area contributed by atoms with Gasteiger partial charge in [0.05, 0.1) is 19.6 Å². The largest absolute Gasteiger partial charge is 0.508 e. The van der Waals surface area contributed by atoms with Gasteiger partial charge in [-0.15, -0.1) is 0 Å². The number of fused-ring (bicyclic) bond motifs is 1. The van der Waals surface area contributed by atoms with Crippen LogP contribution in [0.15, 0.2) is 36.4 Å². The summed E-state index contributed by atoms with van der Waals surface area (Å²) in [6, 6.07) is 10.3. The molecule has 0 aromatic heterocycles. The van der Waals surface area contributed by atoms with Crippen molar-refractivity contribution in [3.63, 3.8) is 0 Å². The minimum atomic E-state index is -0.229. The van der Waals surface area contributed by atoms with E-state index in [4.69, 9.17) is 9.47 Å². The SMILES string of the molecule is COc1cccc(O)c1[C@H]1COc2cccc(O)c21. The molecular weight excluding hydrogens is 244 g/mol. The number of hydrogen-bond donors (Lipinski definition) is 2. The van der Waals surface area contributed by atoms with Crippen LogP contribution in [0.3, 0.4) is 0 Å². The molecule has 2 N–H and O–H groups in total. The highest BCUT2D eigenvalue weighted by atomic mass is 16.5. The summed E-state index contributed by atoms with van der Waals surface area (Å²) in [5.41, 5.74) is 1.34. The van der Waals surface area contributed by atoms with Gasteiger partial charge in [0.1, 0.15) is 23.0 Å². The van der Waals surface area contributed by atoms with Gasteiger partial charge in [-0.1, -0.05) is 12.1 Å². The lowest BCUT2D eigenvalue weighted by molar-refractivity contribution is 0.333. The molecule has 0 saturated carbocycles. The first-order valence-corrected chi connectivity index (χ1v) is 6.03. The van der Waals surface area contributed by atoms with Crippen molar-refractivity contribution in [2.45, 2.75) is 5.92 Å². The van der Waals surface area contributed by atoms with Gasteiger partial charge in [-0.25, -0.2) is 0 Å². The zero-order valence-electron chi connectivity index (χ0n) is 10.5. The quantitative estimate of drug-likeness (QED) is 0.869. The van der Waals surface area contributed by atoms with Crippen molar-refractivity contribution in [2.75, 3.05) is 13.7 Å². The van der Waals surface area contributed by atoms with Crippen molar-refractivity contribution in [1.29, 1.82) is 0 Å². The average molecular weight is 258 g/mol. The van der Waals surface area contributed by atoms with E-state index in [1.165, 1.54) is 0 Å². The second-order valence-corrected chi connectivity index (χ2v) is 4.45. The highest BCUT2D eigenvalue weighted by Crippen LogP contribution is 2.48.